The first-order valence-corrected chi connectivity index (χ1v) is 10.3. The topological polar surface area (TPSA) is 51.5 Å². The molecule has 1 saturated heterocycles. The molecule has 2 aliphatic rings. The number of rotatable bonds is 6. The number of pyridine rings is 1. The summed E-state index contributed by atoms with van der Waals surface area (Å²) in [6.45, 7) is 3.01. The molecular formula is C21H22Cl2N2O3. The molecule has 7 heteroatoms. The highest BCUT2D eigenvalue weighted by molar-refractivity contribution is 6.35. The number of amides is 1. The van der Waals surface area contributed by atoms with Gasteiger partial charge in [0.25, 0.3) is 5.56 Å². The number of halogens is 2. The van der Waals surface area contributed by atoms with E-state index in [0.29, 0.717) is 47.8 Å². The van der Waals surface area contributed by atoms with E-state index in [1.54, 1.807) is 23.1 Å². The van der Waals surface area contributed by atoms with Crippen LogP contribution < -0.4 is 10.3 Å². The van der Waals surface area contributed by atoms with E-state index >= 15 is 0 Å². The Morgan fingerprint density at radius 2 is 1.93 bits per heavy atom. The molecule has 28 heavy (non-hydrogen) atoms. The quantitative estimate of drug-likeness (QED) is 0.708. The first-order chi connectivity index (χ1) is 13.4. The highest BCUT2D eigenvalue weighted by Crippen LogP contribution is 2.35. The molecule has 1 saturated carbocycles. The van der Waals surface area contributed by atoms with Gasteiger partial charge in [-0.2, -0.15) is 0 Å². The van der Waals surface area contributed by atoms with Crippen LogP contribution in [0.3, 0.4) is 0 Å². The number of ether oxygens (including phenoxy) is 1. The second kappa shape index (κ2) is 7.80. The molecule has 2 heterocycles. The van der Waals surface area contributed by atoms with Crippen LogP contribution in [0.1, 0.15) is 36.6 Å². The van der Waals surface area contributed by atoms with Crippen molar-refractivity contribution in [3.8, 4) is 5.75 Å². The first kappa shape index (κ1) is 19.3. The molecule has 1 aromatic heterocycles. The predicted molar refractivity (Wildman–Crippen MR) is 109 cm³/mol. The minimum absolute atomic E-state index is 0.00963. The zero-order chi connectivity index (χ0) is 19.8. The van der Waals surface area contributed by atoms with Crippen molar-refractivity contribution in [1.29, 1.82) is 0 Å². The van der Waals surface area contributed by atoms with Crippen molar-refractivity contribution in [2.75, 3.05) is 13.1 Å². The molecule has 0 spiro atoms. The van der Waals surface area contributed by atoms with Crippen LogP contribution in [0.25, 0.3) is 0 Å². The van der Waals surface area contributed by atoms with Crippen LogP contribution >= 0.6 is 23.2 Å². The number of aryl methyl sites for hydroxylation is 2. The SMILES string of the molecule is Cc1cc(OC2CN(C(=O)CCc3ccc(Cl)cc3Cl)C2)cc(=O)n1C1CC1. The van der Waals surface area contributed by atoms with Gasteiger partial charge in [0, 0.05) is 34.3 Å². The van der Waals surface area contributed by atoms with Crippen molar-refractivity contribution in [1.82, 2.24) is 9.47 Å². The second-order valence-corrected chi connectivity index (χ2v) is 8.39. The number of hydrogen-bond acceptors (Lipinski definition) is 3. The van der Waals surface area contributed by atoms with Gasteiger partial charge in [-0.25, -0.2) is 0 Å². The Hall–Kier alpha value is -1.98. The minimum Gasteiger partial charge on any atom is -0.486 e. The fourth-order valence-corrected chi connectivity index (χ4v) is 4.09. The predicted octanol–water partition coefficient (Wildman–Crippen LogP) is 4.02. The van der Waals surface area contributed by atoms with E-state index in [1.165, 1.54) is 0 Å². The van der Waals surface area contributed by atoms with Crippen LogP contribution in [0.4, 0.5) is 0 Å². The molecular weight excluding hydrogens is 399 g/mol. The normalized spacial score (nSPS) is 16.8. The number of likely N-dealkylation sites (tertiary alicyclic amines) is 1. The molecule has 4 rings (SSSR count). The van der Waals surface area contributed by atoms with Gasteiger partial charge >= 0.3 is 0 Å². The monoisotopic (exact) mass is 420 g/mol. The van der Waals surface area contributed by atoms with Gasteiger partial charge in [0.1, 0.15) is 11.9 Å². The standard InChI is InChI=1S/C21H22Cl2N2O3/c1-13-8-17(10-21(27)25(13)16-5-6-16)28-18-11-24(12-18)20(26)7-3-14-2-4-15(22)9-19(14)23/h2,4,8-10,16,18H,3,5-7,11-12H2,1H3. The zero-order valence-corrected chi connectivity index (χ0v) is 17.2. The Labute approximate surface area is 173 Å². The third kappa shape index (κ3) is 4.20. The van der Waals surface area contributed by atoms with Gasteiger partial charge in [-0.1, -0.05) is 29.3 Å². The molecule has 1 aromatic carbocycles. The summed E-state index contributed by atoms with van der Waals surface area (Å²) in [4.78, 5) is 26.4. The van der Waals surface area contributed by atoms with Crippen LogP contribution in [0.15, 0.2) is 35.1 Å². The fraction of sp³-hybridized carbons (Fsp3) is 0.429. The maximum atomic E-state index is 12.4. The van der Waals surface area contributed by atoms with Crippen molar-refractivity contribution < 1.29 is 9.53 Å². The molecule has 1 amide bonds. The van der Waals surface area contributed by atoms with Gasteiger partial charge < -0.3 is 14.2 Å². The number of hydrogen-bond donors (Lipinski definition) is 0. The van der Waals surface area contributed by atoms with Crippen molar-refractivity contribution in [2.45, 2.75) is 44.8 Å². The Morgan fingerprint density at radius 3 is 2.57 bits per heavy atom. The number of carbonyl (C=O) groups excluding carboxylic acids is 1. The number of nitrogens with zero attached hydrogens (tertiary/aromatic N) is 2. The zero-order valence-electron chi connectivity index (χ0n) is 15.7. The van der Waals surface area contributed by atoms with E-state index in [9.17, 15) is 9.59 Å². The van der Waals surface area contributed by atoms with Crippen LogP contribution in [0, 0.1) is 6.92 Å². The maximum absolute atomic E-state index is 12.4. The van der Waals surface area contributed by atoms with Crippen LogP contribution in [-0.2, 0) is 11.2 Å². The highest BCUT2D eigenvalue weighted by Gasteiger charge is 2.32. The van der Waals surface area contributed by atoms with Gasteiger partial charge in [-0.15, -0.1) is 0 Å². The number of benzene rings is 1. The molecule has 2 aromatic rings. The summed E-state index contributed by atoms with van der Waals surface area (Å²) in [5.41, 5.74) is 1.83. The molecule has 0 unspecified atom stereocenters. The van der Waals surface area contributed by atoms with Crippen molar-refractivity contribution in [2.24, 2.45) is 0 Å². The van der Waals surface area contributed by atoms with Gasteiger partial charge in [0.2, 0.25) is 5.91 Å². The van der Waals surface area contributed by atoms with Gasteiger partial charge in [0.05, 0.1) is 13.1 Å². The minimum atomic E-state index is -0.0707. The summed E-state index contributed by atoms with van der Waals surface area (Å²) in [6.07, 6.45) is 3.04. The first-order valence-electron chi connectivity index (χ1n) is 9.52. The van der Waals surface area contributed by atoms with Gasteiger partial charge in [-0.3, -0.25) is 9.59 Å². The summed E-state index contributed by atoms with van der Waals surface area (Å²) in [5, 5.41) is 1.17. The van der Waals surface area contributed by atoms with E-state index in [2.05, 4.69) is 0 Å². The molecule has 0 radical (unpaired) electrons. The summed E-state index contributed by atoms with van der Waals surface area (Å²) in [6, 6.07) is 9.14. The van der Waals surface area contributed by atoms with Crippen LogP contribution in [0.5, 0.6) is 5.75 Å². The molecule has 0 N–H and O–H groups in total. The van der Waals surface area contributed by atoms with E-state index in [-0.39, 0.29) is 17.6 Å². The van der Waals surface area contributed by atoms with E-state index in [0.717, 1.165) is 24.1 Å². The van der Waals surface area contributed by atoms with E-state index in [1.807, 2.05) is 23.6 Å². The Kier molecular flexibility index (Phi) is 5.39. The average molecular weight is 421 g/mol. The van der Waals surface area contributed by atoms with Gasteiger partial charge in [-0.05, 0) is 49.9 Å². The molecule has 1 aliphatic heterocycles. The molecule has 0 bridgehead atoms. The van der Waals surface area contributed by atoms with Crippen LogP contribution in [-0.4, -0.2) is 34.6 Å². The van der Waals surface area contributed by atoms with Gasteiger partial charge in [0.15, 0.2) is 0 Å². The summed E-state index contributed by atoms with van der Waals surface area (Å²) in [5.74, 6) is 0.663. The van der Waals surface area contributed by atoms with Crippen molar-refractivity contribution in [3.63, 3.8) is 0 Å². The lowest BCUT2D eigenvalue weighted by Gasteiger charge is -2.39. The van der Waals surface area contributed by atoms with Crippen LogP contribution in [0.2, 0.25) is 10.0 Å². The summed E-state index contributed by atoms with van der Waals surface area (Å²) >= 11 is 12.1. The Morgan fingerprint density at radius 1 is 1.18 bits per heavy atom. The fourth-order valence-electron chi connectivity index (χ4n) is 3.58. The van der Waals surface area contributed by atoms with Crippen molar-refractivity contribution in [3.05, 3.63) is 62.0 Å². The summed E-state index contributed by atoms with van der Waals surface area (Å²) < 4.78 is 7.74. The number of aromatic nitrogens is 1. The van der Waals surface area contributed by atoms with E-state index < -0.39 is 0 Å². The summed E-state index contributed by atoms with van der Waals surface area (Å²) in [7, 11) is 0. The largest absolute Gasteiger partial charge is 0.486 e. The molecule has 0 atom stereocenters. The molecule has 2 fully saturated rings. The van der Waals surface area contributed by atoms with E-state index in [4.69, 9.17) is 27.9 Å². The molecule has 1 aliphatic carbocycles. The smallest absolute Gasteiger partial charge is 0.254 e. The average Bonchev–Trinajstić information content (AvgIpc) is 3.41. The third-order valence-corrected chi connectivity index (χ3v) is 5.86. The Bertz CT molecular complexity index is 963. The lowest BCUT2D eigenvalue weighted by molar-refractivity contribution is -0.139. The lowest BCUT2D eigenvalue weighted by atomic mass is 10.1. The molecule has 148 valence electrons. The third-order valence-electron chi connectivity index (χ3n) is 5.27. The molecule has 5 nitrogen and oxygen atoms in total. The lowest BCUT2D eigenvalue weighted by Crippen LogP contribution is -2.56. The van der Waals surface area contributed by atoms with Crippen molar-refractivity contribution >= 4 is 29.1 Å². The highest BCUT2D eigenvalue weighted by atomic mass is 35.5. The Balaban J connectivity index is 1.27. The second-order valence-electron chi connectivity index (χ2n) is 7.55. The number of carbonyl (C=O) groups is 1. The maximum Gasteiger partial charge on any atom is 0.254 e.